The van der Waals surface area contributed by atoms with Crippen molar-refractivity contribution < 1.29 is 18.0 Å². The van der Waals surface area contributed by atoms with Crippen molar-refractivity contribution in [2.24, 2.45) is 5.41 Å². The van der Waals surface area contributed by atoms with E-state index < -0.39 is 11.7 Å². The fraction of sp³-hybridized carbons (Fsp3) is 0.429. The number of nitrogens with one attached hydrogen (secondary N) is 1. The predicted octanol–water partition coefficient (Wildman–Crippen LogP) is 4.55. The molecule has 0 bridgehead atoms. The Balaban J connectivity index is 2.23. The van der Waals surface area contributed by atoms with Gasteiger partial charge in [0.25, 0.3) is 0 Å². The zero-order valence-electron chi connectivity index (χ0n) is 11.5. The smallest absolute Gasteiger partial charge is 0.343 e. The molecule has 21 heavy (non-hydrogen) atoms. The first-order valence-corrected chi connectivity index (χ1v) is 7.09. The summed E-state index contributed by atoms with van der Waals surface area (Å²) in [5.74, 6) is 0.261. The van der Waals surface area contributed by atoms with Gasteiger partial charge in [-0.05, 0) is 33.8 Å². The van der Waals surface area contributed by atoms with Crippen molar-refractivity contribution >= 4 is 27.5 Å². The van der Waals surface area contributed by atoms with Crippen LogP contribution >= 0.6 is 15.9 Å². The number of pyridine rings is 1. The van der Waals surface area contributed by atoms with E-state index in [1.54, 1.807) is 0 Å². The lowest BCUT2D eigenvalue weighted by Crippen LogP contribution is -2.24. The van der Waals surface area contributed by atoms with Gasteiger partial charge in [-0.3, -0.25) is 4.79 Å². The summed E-state index contributed by atoms with van der Waals surface area (Å²) in [5.41, 5.74) is -0.342. The highest BCUT2D eigenvalue weighted by molar-refractivity contribution is 9.10. The normalized spacial score (nSPS) is 18.4. The molecule has 1 aromatic rings. The minimum atomic E-state index is -4.43. The molecule has 2 rings (SSSR count). The number of hydrogen-bond donors (Lipinski definition) is 1. The van der Waals surface area contributed by atoms with Crippen LogP contribution in [-0.4, -0.2) is 10.8 Å². The molecule has 0 saturated carbocycles. The average Bonchev–Trinajstić information content (AvgIpc) is 2.27. The van der Waals surface area contributed by atoms with Crippen LogP contribution in [0.4, 0.5) is 19.0 Å². The van der Waals surface area contributed by atoms with E-state index in [0.29, 0.717) is 18.5 Å². The molecular formula is C14H14BrF3N2O. The highest BCUT2D eigenvalue weighted by Gasteiger charge is 2.32. The van der Waals surface area contributed by atoms with E-state index >= 15 is 0 Å². The summed E-state index contributed by atoms with van der Waals surface area (Å²) < 4.78 is 37.9. The molecule has 0 fully saturated rings. The topological polar surface area (TPSA) is 42.0 Å². The molecule has 114 valence electrons. The third-order valence-corrected chi connectivity index (χ3v) is 3.71. The maximum absolute atomic E-state index is 12.6. The third-order valence-electron chi connectivity index (χ3n) is 3.10. The number of rotatable bonds is 2. The quantitative estimate of drug-likeness (QED) is 0.839. The molecule has 0 unspecified atom stereocenters. The molecule has 0 spiro atoms. The number of hydrogen-bond acceptors (Lipinski definition) is 3. The SMILES string of the molecule is CC1(C)CC(=O)C=C(Nc2ncc(C(F)(F)F)cc2Br)C1. The van der Waals surface area contributed by atoms with Gasteiger partial charge in [-0.25, -0.2) is 4.98 Å². The molecule has 0 saturated heterocycles. The fourth-order valence-electron chi connectivity index (χ4n) is 2.26. The Labute approximate surface area is 128 Å². The van der Waals surface area contributed by atoms with Crippen LogP contribution in [0, 0.1) is 5.41 Å². The Morgan fingerprint density at radius 1 is 1.33 bits per heavy atom. The maximum atomic E-state index is 12.6. The van der Waals surface area contributed by atoms with E-state index in [4.69, 9.17) is 0 Å². The molecule has 0 aromatic carbocycles. The largest absolute Gasteiger partial charge is 0.417 e. The van der Waals surface area contributed by atoms with E-state index in [2.05, 4.69) is 26.2 Å². The van der Waals surface area contributed by atoms with Gasteiger partial charge in [-0.1, -0.05) is 13.8 Å². The van der Waals surface area contributed by atoms with Crippen LogP contribution in [0.25, 0.3) is 0 Å². The number of allylic oxidation sites excluding steroid dienone is 2. The molecule has 0 aliphatic heterocycles. The molecule has 1 aliphatic rings. The third kappa shape index (κ3) is 4.06. The molecule has 1 aromatic heterocycles. The molecule has 0 amide bonds. The molecule has 3 nitrogen and oxygen atoms in total. The van der Waals surface area contributed by atoms with E-state index in [9.17, 15) is 18.0 Å². The minimum Gasteiger partial charge on any atom is -0.343 e. The molecular weight excluding hydrogens is 349 g/mol. The second-order valence-electron chi connectivity index (χ2n) is 5.83. The lowest BCUT2D eigenvalue weighted by molar-refractivity contribution is -0.137. The van der Waals surface area contributed by atoms with E-state index in [0.717, 1.165) is 12.3 Å². The zero-order chi connectivity index (χ0) is 15.8. The number of carbonyl (C=O) groups is 1. The van der Waals surface area contributed by atoms with Crippen molar-refractivity contribution in [1.29, 1.82) is 0 Å². The van der Waals surface area contributed by atoms with Gasteiger partial charge in [0, 0.05) is 24.4 Å². The van der Waals surface area contributed by atoms with Crippen LogP contribution in [0.2, 0.25) is 0 Å². The first-order valence-electron chi connectivity index (χ1n) is 6.30. The van der Waals surface area contributed by atoms with Crippen LogP contribution in [-0.2, 0) is 11.0 Å². The summed E-state index contributed by atoms with van der Waals surface area (Å²) in [6.45, 7) is 3.93. The van der Waals surface area contributed by atoms with Gasteiger partial charge in [-0.15, -0.1) is 0 Å². The summed E-state index contributed by atoms with van der Waals surface area (Å²) in [6, 6.07) is 0.964. The van der Waals surface area contributed by atoms with Gasteiger partial charge in [0.1, 0.15) is 5.82 Å². The first kappa shape index (κ1) is 16.0. The van der Waals surface area contributed by atoms with Crippen LogP contribution in [0.3, 0.4) is 0 Å². The summed E-state index contributed by atoms with van der Waals surface area (Å²) >= 11 is 3.07. The van der Waals surface area contributed by atoms with Crippen molar-refractivity contribution in [3.8, 4) is 0 Å². The predicted molar refractivity (Wildman–Crippen MR) is 76.7 cm³/mol. The van der Waals surface area contributed by atoms with Gasteiger partial charge >= 0.3 is 6.18 Å². The van der Waals surface area contributed by atoms with Crippen molar-refractivity contribution in [3.63, 3.8) is 0 Å². The van der Waals surface area contributed by atoms with Crippen LogP contribution < -0.4 is 5.32 Å². The fourth-order valence-corrected chi connectivity index (χ4v) is 2.71. The maximum Gasteiger partial charge on any atom is 0.417 e. The van der Waals surface area contributed by atoms with Crippen molar-refractivity contribution in [2.75, 3.05) is 5.32 Å². The Kier molecular flexibility index (Phi) is 4.15. The monoisotopic (exact) mass is 362 g/mol. The van der Waals surface area contributed by atoms with Gasteiger partial charge in [0.2, 0.25) is 0 Å². The summed E-state index contributed by atoms with van der Waals surface area (Å²) in [5, 5.41) is 2.93. The summed E-state index contributed by atoms with van der Waals surface area (Å²) in [7, 11) is 0. The van der Waals surface area contributed by atoms with Gasteiger partial charge < -0.3 is 5.32 Å². The number of aromatic nitrogens is 1. The summed E-state index contributed by atoms with van der Waals surface area (Å²) in [6.07, 6.45) is -1.09. The lowest BCUT2D eigenvalue weighted by atomic mass is 9.79. The molecule has 1 N–H and O–H groups in total. The van der Waals surface area contributed by atoms with Crippen molar-refractivity contribution in [3.05, 3.63) is 34.1 Å². The molecule has 0 atom stereocenters. The second kappa shape index (κ2) is 5.44. The van der Waals surface area contributed by atoms with Gasteiger partial charge in [0.05, 0.1) is 10.0 Å². The standard InChI is InChI=1S/C14H14BrF3N2O/c1-13(2)5-9(4-10(21)6-13)20-12-11(15)3-8(7-19-12)14(16,17)18/h3-4,7H,5-6H2,1-2H3,(H,19,20). The van der Waals surface area contributed by atoms with Gasteiger partial charge in [-0.2, -0.15) is 13.2 Å². The number of nitrogens with zero attached hydrogens (tertiary/aromatic N) is 1. The Hall–Kier alpha value is -1.37. The summed E-state index contributed by atoms with van der Waals surface area (Å²) in [4.78, 5) is 15.4. The Bertz CT molecular complexity index is 609. The van der Waals surface area contributed by atoms with E-state index in [1.165, 1.54) is 6.08 Å². The molecule has 1 aliphatic carbocycles. The van der Waals surface area contributed by atoms with E-state index in [-0.39, 0.29) is 21.5 Å². The van der Waals surface area contributed by atoms with Crippen LogP contribution in [0.5, 0.6) is 0 Å². The molecule has 0 radical (unpaired) electrons. The van der Waals surface area contributed by atoms with Crippen LogP contribution in [0.1, 0.15) is 32.3 Å². The zero-order valence-corrected chi connectivity index (χ0v) is 13.1. The Morgan fingerprint density at radius 3 is 2.52 bits per heavy atom. The number of anilines is 1. The number of alkyl halides is 3. The van der Waals surface area contributed by atoms with E-state index in [1.807, 2.05) is 13.8 Å². The molecule has 7 heteroatoms. The van der Waals surface area contributed by atoms with Crippen molar-refractivity contribution in [2.45, 2.75) is 32.9 Å². The van der Waals surface area contributed by atoms with Crippen LogP contribution in [0.15, 0.2) is 28.5 Å². The number of carbonyl (C=O) groups excluding carboxylic acids is 1. The number of ketones is 1. The first-order chi connectivity index (χ1) is 9.57. The minimum absolute atomic E-state index is 0.00298. The molecule has 1 heterocycles. The highest BCUT2D eigenvalue weighted by atomic mass is 79.9. The second-order valence-corrected chi connectivity index (χ2v) is 6.69. The number of halogens is 4. The van der Waals surface area contributed by atoms with Gasteiger partial charge in [0.15, 0.2) is 5.78 Å². The van der Waals surface area contributed by atoms with Crippen molar-refractivity contribution in [1.82, 2.24) is 4.98 Å². The highest BCUT2D eigenvalue weighted by Crippen LogP contribution is 2.36. The lowest BCUT2D eigenvalue weighted by Gasteiger charge is -2.29. The average molecular weight is 363 g/mol. The Morgan fingerprint density at radius 2 is 2.00 bits per heavy atom.